The fraction of sp³-hybridized carbons (Fsp3) is 0.294. The van der Waals surface area contributed by atoms with Crippen LogP contribution < -0.4 is 0 Å². The van der Waals surface area contributed by atoms with Crippen LogP contribution in [0.1, 0.15) is 43.4 Å². The predicted octanol–water partition coefficient (Wildman–Crippen LogP) is 4.70. The molecule has 0 saturated carbocycles. The molecule has 0 N–H and O–H groups in total. The van der Waals surface area contributed by atoms with E-state index < -0.39 is 0 Å². The third kappa shape index (κ3) is 3.08. The summed E-state index contributed by atoms with van der Waals surface area (Å²) in [6.45, 7) is 2.21. The van der Waals surface area contributed by atoms with Crippen molar-refractivity contribution in [2.24, 2.45) is 0 Å². The van der Waals surface area contributed by atoms with E-state index in [-0.39, 0.29) is 0 Å². The maximum Gasteiger partial charge on any atom is 0.155 e. The molecule has 0 bridgehead atoms. The van der Waals surface area contributed by atoms with Gasteiger partial charge in [-0.1, -0.05) is 43.5 Å². The van der Waals surface area contributed by atoms with Crippen LogP contribution in [0, 0.1) is 0 Å². The highest BCUT2D eigenvalue weighted by Gasteiger charge is 2.17. The van der Waals surface area contributed by atoms with Gasteiger partial charge in [-0.3, -0.25) is 0 Å². The summed E-state index contributed by atoms with van der Waals surface area (Å²) in [6, 6.07) is 12.1. The zero-order chi connectivity index (χ0) is 14.7. The summed E-state index contributed by atoms with van der Waals surface area (Å²) in [4.78, 5) is 4.35. The Kier molecular flexibility index (Phi) is 4.20. The van der Waals surface area contributed by atoms with Gasteiger partial charge in [-0.2, -0.15) is 5.10 Å². The van der Waals surface area contributed by atoms with Crippen LogP contribution in [-0.2, 0) is 0 Å². The van der Waals surface area contributed by atoms with Crippen LogP contribution in [0.25, 0.3) is 5.65 Å². The van der Waals surface area contributed by atoms with Crippen LogP contribution in [0.5, 0.6) is 0 Å². The minimum atomic E-state index is 0.295. The predicted molar refractivity (Wildman–Crippen MR) is 85.8 cm³/mol. The maximum absolute atomic E-state index is 6.00. The lowest BCUT2D eigenvalue weighted by Gasteiger charge is -2.14. The number of halogens is 1. The van der Waals surface area contributed by atoms with E-state index in [4.69, 9.17) is 11.6 Å². The van der Waals surface area contributed by atoms with Crippen LogP contribution in [0.2, 0.25) is 5.02 Å². The Morgan fingerprint density at radius 2 is 2.05 bits per heavy atom. The Labute approximate surface area is 129 Å². The molecule has 1 aromatic carbocycles. The molecule has 3 rings (SSSR count). The van der Waals surface area contributed by atoms with Gasteiger partial charge < -0.3 is 0 Å². The van der Waals surface area contributed by atoms with Crippen molar-refractivity contribution in [3.8, 4) is 0 Å². The van der Waals surface area contributed by atoms with Crippen molar-refractivity contribution in [1.29, 1.82) is 0 Å². The Morgan fingerprint density at radius 3 is 2.76 bits per heavy atom. The molecule has 1 atom stereocenters. The van der Waals surface area contributed by atoms with E-state index >= 15 is 0 Å². The Morgan fingerprint density at radius 1 is 1.24 bits per heavy atom. The van der Waals surface area contributed by atoms with Gasteiger partial charge in [0.15, 0.2) is 5.65 Å². The first-order chi connectivity index (χ1) is 10.3. The summed E-state index contributed by atoms with van der Waals surface area (Å²) in [5, 5.41) is 5.45. The molecule has 0 amide bonds. The molecule has 0 aliphatic rings. The van der Waals surface area contributed by atoms with Crippen LogP contribution in [-0.4, -0.2) is 14.6 Å². The summed E-state index contributed by atoms with van der Waals surface area (Å²) in [5.74, 6) is 0.295. The molecule has 21 heavy (non-hydrogen) atoms. The molecule has 0 radical (unpaired) electrons. The minimum absolute atomic E-state index is 0.295. The van der Waals surface area contributed by atoms with Gasteiger partial charge in [0, 0.05) is 29.4 Å². The monoisotopic (exact) mass is 299 g/mol. The van der Waals surface area contributed by atoms with Crippen LogP contribution in [0.4, 0.5) is 0 Å². The first kappa shape index (κ1) is 14.1. The zero-order valence-electron chi connectivity index (χ0n) is 12.0. The van der Waals surface area contributed by atoms with Crippen LogP contribution in [0.15, 0.2) is 48.8 Å². The fourth-order valence-electron chi connectivity index (χ4n) is 2.61. The highest BCUT2D eigenvalue weighted by atomic mass is 35.5. The van der Waals surface area contributed by atoms with E-state index in [9.17, 15) is 0 Å². The summed E-state index contributed by atoms with van der Waals surface area (Å²) >= 11 is 6.00. The third-order valence-electron chi connectivity index (χ3n) is 3.73. The van der Waals surface area contributed by atoms with Gasteiger partial charge in [-0.15, -0.1) is 0 Å². The highest BCUT2D eigenvalue weighted by Crippen LogP contribution is 2.30. The van der Waals surface area contributed by atoms with Gasteiger partial charge in [0.05, 0.1) is 5.69 Å². The molecule has 0 aliphatic heterocycles. The van der Waals surface area contributed by atoms with Crippen molar-refractivity contribution in [2.75, 3.05) is 0 Å². The Hall–Kier alpha value is -1.87. The zero-order valence-corrected chi connectivity index (χ0v) is 12.8. The van der Waals surface area contributed by atoms with Crippen molar-refractivity contribution < 1.29 is 0 Å². The summed E-state index contributed by atoms with van der Waals surface area (Å²) in [6.07, 6.45) is 7.17. The Balaban J connectivity index is 1.99. The first-order valence-electron chi connectivity index (χ1n) is 7.33. The second-order valence-corrected chi connectivity index (χ2v) is 5.67. The van der Waals surface area contributed by atoms with Gasteiger partial charge in [-0.05, 0) is 30.2 Å². The molecular weight excluding hydrogens is 282 g/mol. The van der Waals surface area contributed by atoms with Crippen molar-refractivity contribution in [3.05, 3.63) is 65.1 Å². The molecule has 4 heteroatoms. The average molecular weight is 300 g/mol. The summed E-state index contributed by atoms with van der Waals surface area (Å²) in [5.41, 5.74) is 3.23. The SMILES string of the molecule is CCCCC(c1ccc(Cl)cc1)c1cc2ncccn2n1. The fourth-order valence-corrected chi connectivity index (χ4v) is 2.73. The standard InChI is InChI=1S/C17H18ClN3/c1-2-3-5-15(13-6-8-14(18)9-7-13)16-12-17-19-10-4-11-21(17)20-16/h4,6-12,15H,2-3,5H2,1H3. The van der Waals surface area contributed by atoms with E-state index in [1.807, 2.05) is 28.9 Å². The molecule has 3 aromatic rings. The molecule has 0 aliphatic carbocycles. The van der Waals surface area contributed by atoms with Gasteiger partial charge >= 0.3 is 0 Å². The smallest absolute Gasteiger partial charge is 0.155 e. The molecule has 2 heterocycles. The van der Waals surface area contributed by atoms with Crippen LogP contribution >= 0.6 is 11.6 Å². The van der Waals surface area contributed by atoms with Crippen molar-refractivity contribution >= 4 is 17.2 Å². The normalized spacial score (nSPS) is 12.7. The highest BCUT2D eigenvalue weighted by molar-refractivity contribution is 6.30. The van der Waals surface area contributed by atoms with Gasteiger partial charge in [0.2, 0.25) is 0 Å². The van der Waals surface area contributed by atoms with E-state index in [0.717, 1.165) is 22.8 Å². The lowest BCUT2D eigenvalue weighted by molar-refractivity contribution is 0.632. The van der Waals surface area contributed by atoms with Gasteiger partial charge in [0.25, 0.3) is 0 Å². The molecule has 0 spiro atoms. The second-order valence-electron chi connectivity index (χ2n) is 5.24. The third-order valence-corrected chi connectivity index (χ3v) is 3.98. The lowest BCUT2D eigenvalue weighted by Crippen LogP contribution is -2.02. The minimum Gasteiger partial charge on any atom is -0.237 e. The van der Waals surface area contributed by atoms with Crippen molar-refractivity contribution in [2.45, 2.75) is 32.1 Å². The maximum atomic E-state index is 6.00. The number of hydrogen-bond acceptors (Lipinski definition) is 2. The molecular formula is C17H18ClN3. The summed E-state index contributed by atoms with van der Waals surface area (Å²) < 4.78 is 1.84. The van der Waals surface area contributed by atoms with Gasteiger partial charge in [0.1, 0.15) is 0 Å². The molecule has 0 saturated heterocycles. The number of nitrogens with zero attached hydrogens (tertiary/aromatic N) is 3. The van der Waals surface area contributed by atoms with E-state index in [1.165, 1.54) is 18.4 Å². The average Bonchev–Trinajstić information content (AvgIpc) is 2.93. The van der Waals surface area contributed by atoms with E-state index in [1.54, 1.807) is 6.20 Å². The van der Waals surface area contributed by atoms with Crippen molar-refractivity contribution in [1.82, 2.24) is 14.6 Å². The molecule has 1 unspecified atom stereocenters. The van der Waals surface area contributed by atoms with E-state index in [0.29, 0.717) is 5.92 Å². The van der Waals surface area contributed by atoms with Crippen molar-refractivity contribution in [3.63, 3.8) is 0 Å². The van der Waals surface area contributed by atoms with E-state index in [2.05, 4.69) is 35.2 Å². The van der Waals surface area contributed by atoms with Crippen LogP contribution in [0.3, 0.4) is 0 Å². The number of fused-ring (bicyclic) bond motifs is 1. The topological polar surface area (TPSA) is 30.2 Å². The number of hydrogen-bond donors (Lipinski definition) is 0. The second kappa shape index (κ2) is 6.27. The quantitative estimate of drug-likeness (QED) is 0.683. The van der Waals surface area contributed by atoms with Gasteiger partial charge in [-0.25, -0.2) is 9.50 Å². The lowest BCUT2D eigenvalue weighted by atomic mass is 9.91. The summed E-state index contributed by atoms with van der Waals surface area (Å²) in [7, 11) is 0. The largest absolute Gasteiger partial charge is 0.237 e. The first-order valence-corrected chi connectivity index (χ1v) is 7.71. The number of aromatic nitrogens is 3. The molecule has 3 nitrogen and oxygen atoms in total. The number of rotatable bonds is 5. The molecule has 2 aromatic heterocycles. The number of benzene rings is 1. The Bertz CT molecular complexity index is 685. The number of unbranched alkanes of at least 4 members (excludes halogenated alkanes) is 1. The molecule has 0 fully saturated rings. The molecule has 108 valence electrons.